The van der Waals surface area contributed by atoms with E-state index in [1.165, 1.54) is 6.26 Å². The normalized spacial score (nSPS) is 12.3. The Balaban J connectivity index is 1.63. The van der Waals surface area contributed by atoms with Crippen LogP contribution >= 0.6 is 0 Å². The number of benzene rings is 1. The van der Waals surface area contributed by atoms with E-state index < -0.39 is 11.9 Å². The fourth-order valence-corrected chi connectivity index (χ4v) is 2.08. The van der Waals surface area contributed by atoms with Crippen LogP contribution in [0.25, 0.3) is 11.7 Å². The molecule has 7 nitrogen and oxygen atoms in total. The lowest BCUT2D eigenvalue weighted by molar-refractivity contribution is 0.0872. The van der Waals surface area contributed by atoms with E-state index in [0.29, 0.717) is 11.5 Å². The summed E-state index contributed by atoms with van der Waals surface area (Å²) in [5, 5.41) is 14.0. The van der Waals surface area contributed by atoms with Crippen LogP contribution in [0.2, 0.25) is 0 Å². The summed E-state index contributed by atoms with van der Waals surface area (Å²) < 4.78 is 16.7. The van der Waals surface area contributed by atoms with Crippen LogP contribution in [-0.2, 0) is 6.54 Å². The maximum absolute atomic E-state index is 11.7. The van der Waals surface area contributed by atoms with E-state index in [2.05, 4.69) is 5.10 Å². The smallest absolute Gasteiger partial charge is 0.437 e. The predicted octanol–water partition coefficient (Wildman–Crippen LogP) is 1.84. The Labute approximate surface area is 131 Å². The molecule has 23 heavy (non-hydrogen) atoms. The number of aryl methyl sites for hydroxylation is 1. The third kappa shape index (κ3) is 3.51. The molecule has 0 aliphatic heterocycles. The number of para-hydroxylation sites is 1. The summed E-state index contributed by atoms with van der Waals surface area (Å²) in [6, 6.07) is 10.8. The molecule has 1 aromatic carbocycles. The molecule has 0 radical (unpaired) electrons. The van der Waals surface area contributed by atoms with Gasteiger partial charge in [-0.25, -0.2) is 4.79 Å². The third-order valence-corrected chi connectivity index (χ3v) is 3.25. The summed E-state index contributed by atoms with van der Waals surface area (Å²) in [4.78, 5) is 11.7. The van der Waals surface area contributed by atoms with Gasteiger partial charge >= 0.3 is 5.76 Å². The van der Waals surface area contributed by atoms with Gasteiger partial charge in [-0.2, -0.15) is 4.68 Å². The van der Waals surface area contributed by atoms with Crippen molar-refractivity contribution in [3.63, 3.8) is 0 Å². The maximum atomic E-state index is 11.7. The Morgan fingerprint density at radius 2 is 2.13 bits per heavy atom. The fraction of sp³-hybridized carbons (Fsp3) is 0.250. The van der Waals surface area contributed by atoms with Crippen LogP contribution in [-0.4, -0.2) is 27.6 Å². The summed E-state index contributed by atoms with van der Waals surface area (Å²) in [5.41, 5.74) is 0.971. The fourth-order valence-electron chi connectivity index (χ4n) is 2.08. The van der Waals surface area contributed by atoms with Crippen molar-refractivity contribution in [3.8, 4) is 17.4 Å². The van der Waals surface area contributed by atoms with E-state index >= 15 is 0 Å². The monoisotopic (exact) mass is 316 g/mol. The molecule has 2 heterocycles. The van der Waals surface area contributed by atoms with Crippen LogP contribution in [0.15, 0.2) is 56.3 Å². The van der Waals surface area contributed by atoms with Crippen molar-refractivity contribution in [1.82, 2.24) is 9.78 Å². The molecule has 3 rings (SSSR count). The van der Waals surface area contributed by atoms with E-state index in [4.69, 9.17) is 13.6 Å². The number of rotatable bonds is 6. The molecule has 1 N–H and O–H groups in total. The second-order valence-electron chi connectivity index (χ2n) is 5.06. The maximum Gasteiger partial charge on any atom is 0.437 e. The standard InChI is InChI=1S/C16H16N2O5/c1-11-5-2-3-6-13(11)22-10-12(19)9-18-16(20)23-15(17-18)14-7-4-8-21-14/h2-8,12,19H,9-10H2,1H3. The van der Waals surface area contributed by atoms with Gasteiger partial charge < -0.3 is 18.7 Å². The minimum absolute atomic E-state index is 0.0328. The first kappa shape index (κ1) is 15.1. The van der Waals surface area contributed by atoms with Gasteiger partial charge in [-0.3, -0.25) is 0 Å². The molecule has 0 amide bonds. The van der Waals surface area contributed by atoms with Crippen LogP contribution in [0.4, 0.5) is 0 Å². The lowest BCUT2D eigenvalue weighted by atomic mass is 10.2. The topological polar surface area (TPSA) is 90.6 Å². The van der Waals surface area contributed by atoms with Crippen molar-refractivity contribution < 1.29 is 18.7 Å². The molecule has 0 spiro atoms. The second-order valence-corrected chi connectivity index (χ2v) is 5.06. The molecule has 0 aliphatic carbocycles. The van der Waals surface area contributed by atoms with Gasteiger partial charge in [0.05, 0.1) is 12.8 Å². The Kier molecular flexibility index (Phi) is 4.29. The highest BCUT2D eigenvalue weighted by atomic mass is 16.5. The number of aliphatic hydroxyl groups excluding tert-OH is 1. The van der Waals surface area contributed by atoms with Crippen molar-refractivity contribution in [1.29, 1.82) is 0 Å². The molecule has 1 atom stereocenters. The quantitative estimate of drug-likeness (QED) is 0.746. The van der Waals surface area contributed by atoms with Gasteiger partial charge in [0, 0.05) is 0 Å². The first-order valence-corrected chi connectivity index (χ1v) is 7.12. The van der Waals surface area contributed by atoms with Gasteiger partial charge in [-0.15, -0.1) is 5.10 Å². The number of hydrogen-bond donors (Lipinski definition) is 1. The molecule has 0 saturated carbocycles. The van der Waals surface area contributed by atoms with Crippen molar-refractivity contribution in [2.45, 2.75) is 19.6 Å². The zero-order valence-electron chi connectivity index (χ0n) is 12.5. The third-order valence-electron chi connectivity index (χ3n) is 3.25. The van der Waals surface area contributed by atoms with Crippen molar-refractivity contribution in [2.75, 3.05) is 6.61 Å². The van der Waals surface area contributed by atoms with E-state index in [-0.39, 0.29) is 19.0 Å². The minimum Gasteiger partial charge on any atom is -0.491 e. The van der Waals surface area contributed by atoms with Crippen molar-refractivity contribution in [2.24, 2.45) is 0 Å². The first-order chi connectivity index (χ1) is 11.1. The molecule has 120 valence electrons. The van der Waals surface area contributed by atoms with Gasteiger partial charge in [0.2, 0.25) is 0 Å². The number of aromatic nitrogens is 2. The zero-order valence-corrected chi connectivity index (χ0v) is 12.5. The molecule has 0 fully saturated rings. The number of ether oxygens (including phenoxy) is 1. The van der Waals surface area contributed by atoms with Gasteiger partial charge in [-0.05, 0) is 30.7 Å². The molecule has 0 aliphatic rings. The highest BCUT2D eigenvalue weighted by Gasteiger charge is 2.16. The lowest BCUT2D eigenvalue weighted by Gasteiger charge is -2.13. The molecule has 1 unspecified atom stereocenters. The van der Waals surface area contributed by atoms with Crippen LogP contribution in [0.1, 0.15) is 5.56 Å². The summed E-state index contributed by atoms with van der Waals surface area (Å²) in [5.74, 6) is 0.459. The first-order valence-electron chi connectivity index (χ1n) is 7.12. The Morgan fingerprint density at radius 1 is 1.30 bits per heavy atom. The van der Waals surface area contributed by atoms with Crippen molar-refractivity contribution >= 4 is 0 Å². The molecule has 0 saturated heterocycles. The number of hydrogen-bond acceptors (Lipinski definition) is 6. The van der Waals surface area contributed by atoms with Gasteiger partial charge in [-0.1, -0.05) is 18.2 Å². The van der Waals surface area contributed by atoms with Gasteiger partial charge in [0.25, 0.3) is 5.89 Å². The molecule has 3 aromatic rings. The lowest BCUT2D eigenvalue weighted by Crippen LogP contribution is -2.29. The molecule has 0 bridgehead atoms. The van der Waals surface area contributed by atoms with Crippen LogP contribution < -0.4 is 10.5 Å². The predicted molar refractivity (Wildman–Crippen MR) is 81.1 cm³/mol. The molecular formula is C16H16N2O5. The number of aliphatic hydroxyl groups is 1. The summed E-state index contributed by atoms with van der Waals surface area (Å²) >= 11 is 0. The number of furan rings is 1. The Morgan fingerprint density at radius 3 is 2.87 bits per heavy atom. The molecule has 7 heteroatoms. The van der Waals surface area contributed by atoms with Crippen LogP contribution in [0.5, 0.6) is 5.75 Å². The average molecular weight is 316 g/mol. The molecule has 2 aromatic heterocycles. The van der Waals surface area contributed by atoms with Crippen LogP contribution in [0, 0.1) is 6.92 Å². The summed E-state index contributed by atoms with van der Waals surface area (Å²) in [6.45, 7) is 1.93. The van der Waals surface area contributed by atoms with Crippen LogP contribution in [0.3, 0.4) is 0 Å². The Hall–Kier alpha value is -2.80. The van der Waals surface area contributed by atoms with E-state index in [1.54, 1.807) is 12.1 Å². The van der Waals surface area contributed by atoms with Gasteiger partial charge in [0.1, 0.15) is 18.5 Å². The largest absolute Gasteiger partial charge is 0.491 e. The number of nitrogens with zero attached hydrogens (tertiary/aromatic N) is 2. The highest BCUT2D eigenvalue weighted by Crippen LogP contribution is 2.17. The summed E-state index contributed by atoms with van der Waals surface area (Å²) in [7, 11) is 0. The Bertz CT molecular complexity index is 819. The SMILES string of the molecule is Cc1ccccc1OCC(O)Cn1nc(-c2ccco2)oc1=O. The van der Waals surface area contributed by atoms with E-state index in [9.17, 15) is 9.90 Å². The molecular weight excluding hydrogens is 300 g/mol. The zero-order chi connectivity index (χ0) is 16.2. The van der Waals surface area contributed by atoms with E-state index in [0.717, 1.165) is 10.2 Å². The van der Waals surface area contributed by atoms with Crippen molar-refractivity contribution in [3.05, 3.63) is 58.8 Å². The highest BCUT2D eigenvalue weighted by molar-refractivity contribution is 5.42. The minimum atomic E-state index is -0.901. The van der Waals surface area contributed by atoms with Gasteiger partial charge in [0.15, 0.2) is 5.76 Å². The summed E-state index contributed by atoms with van der Waals surface area (Å²) in [6.07, 6.45) is 0.557. The van der Waals surface area contributed by atoms with E-state index in [1.807, 2.05) is 31.2 Å². The second kappa shape index (κ2) is 6.53. The average Bonchev–Trinajstić information content (AvgIpc) is 3.17.